The molecule has 0 spiro atoms. The normalized spacial score (nSPS) is 23.0. The first-order chi connectivity index (χ1) is 13.5. The zero-order chi connectivity index (χ0) is 21.6. The fourth-order valence-corrected chi connectivity index (χ4v) is 3.99. The molecule has 2 aromatic heterocycles. The minimum atomic E-state index is -1.09. The van der Waals surface area contributed by atoms with Crippen molar-refractivity contribution >= 4 is 29.1 Å². The Kier molecular flexibility index (Phi) is 4.87. The summed E-state index contributed by atoms with van der Waals surface area (Å²) in [4.78, 5) is 35.2. The van der Waals surface area contributed by atoms with Gasteiger partial charge in [-0.15, -0.1) is 0 Å². The molecule has 2 atom stereocenters. The van der Waals surface area contributed by atoms with E-state index in [0.717, 1.165) is 0 Å². The summed E-state index contributed by atoms with van der Waals surface area (Å²) in [5.74, 6) is 4.04. The molecule has 0 aromatic carbocycles. The lowest BCUT2D eigenvalue weighted by atomic mass is 9.74. The van der Waals surface area contributed by atoms with Crippen molar-refractivity contribution in [2.75, 3.05) is 5.32 Å². The van der Waals surface area contributed by atoms with E-state index >= 15 is 0 Å². The first-order valence-electron chi connectivity index (χ1n) is 9.10. The highest BCUT2D eigenvalue weighted by molar-refractivity contribution is 6.03. The number of hydrazine groups is 1. The topological polar surface area (TPSA) is 177 Å². The van der Waals surface area contributed by atoms with Gasteiger partial charge in [0, 0.05) is 23.2 Å². The van der Waals surface area contributed by atoms with E-state index in [1.165, 1.54) is 16.9 Å². The molecule has 11 nitrogen and oxygen atoms in total. The number of anilines is 1. The number of aromatic nitrogens is 2. The van der Waals surface area contributed by atoms with Gasteiger partial charge in [-0.2, -0.15) is 5.10 Å². The predicted octanol–water partition coefficient (Wildman–Crippen LogP) is 0.664. The molecule has 2 heterocycles. The number of nitrogens with zero attached hydrogens (tertiary/aromatic N) is 2. The third kappa shape index (κ3) is 3.33. The number of carboxylic acid groups (broad SMARTS) is 1. The van der Waals surface area contributed by atoms with E-state index in [4.69, 9.17) is 11.6 Å². The second kappa shape index (κ2) is 6.92. The third-order valence-electron chi connectivity index (χ3n) is 6.22. The van der Waals surface area contributed by atoms with Gasteiger partial charge in [0.1, 0.15) is 0 Å². The van der Waals surface area contributed by atoms with E-state index in [9.17, 15) is 19.5 Å². The molecule has 8 N–H and O–H groups in total. The van der Waals surface area contributed by atoms with E-state index in [-0.39, 0.29) is 17.2 Å². The quantitative estimate of drug-likeness (QED) is 0.241. The largest absolute Gasteiger partial charge is 0.465 e. The van der Waals surface area contributed by atoms with Gasteiger partial charge in [0.05, 0.1) is 28.5 Å². The third-order valence-corrected chi connectivity index (χ3v) is 6.22. The Bertz CT molecular complexity index is 1000. The van der Waals surface area contributed by atoms with E-state index in [1.807, 2.05) is 20.8 Å². The molecule has 11 heteroatoms. The van der Waals surface area contributed by atoms with Crippen LogP contribution in [0.25, 0.3) is 5.52 Å². The summed E-state index contributed by atoms with van der Waals surface area (Å²) in [6.45, 7) is 5.78. The Labute approximate surface area is 166 Å². The smallest absolute Gasteiger partial charge is 0.405 e. The number of fused-ring (bicyclic) bond motifs is 1. The van der Waals surface area contributed by atoms with Crippen LogP contribution in [0.1, 0.15) is 54.3 Å². The first kappa shape index (κ1) is 20.4. The summed E-state index contributed by atoms with van der Waals surface area (Å²) in [6, 6.07) is 1.38. The summed E-state index contributed by atoms with van der Waals surface area (Å²) in [5.41, 5.74) is 7.79. The Hall–Kier alpha value is -3.34. The number of nitrogens with two attached hydrogens (primary N) is 2. The zero-order valence-electron chi connectivity index (χ0n) is 16.4. The molecule has 3 rings (SSSR count). The number of carbonyl (C=O) groups is 3. The standard InChI is InChI=1S/C18H25N7O4/c1-17(2)12(4-5-18(17,3)23-16(28)29)22-13-10(14(19)26)7-21-25-8-9(6-11(13)25)15(27)24-20/h6-8,12,22-23H,4-5,20H2,1-3H3,(H2,19,26)(H,24,27)(H,28,29)/t12-,18+/m1/s1. The van der Waals surface area contributed by atoms with Crippen molar-refractivity contribution in [2.45, 2.75) is 45.2 Å². The van der Waals surface area contributed by atoms with Crippen LogP contribution in [0.3, 0.4) is 0 Å². The van der Waals surface area contributed by atoms with E-state index in [1.54, 1.807) is 6.07 Å². The molecular weight excluding hydrogens is 378 g/mol. The monoisotopic (exact) mass is 403 g/mol. The Morgan fingerprint density at radius 2 is 2.00 bits per heavy atom. The molecule has 0 radical (unpaired) electrons. The summed E-state index contributed by atoms with van der Waals surface area (Å²) >= 11 is 0. The molecule has 1 aliphatic rings. The predicted molar refractivity (Wildman–Crippen MR) is 105 cm³/mol. The van der Waals surface area contributed by atoms with Crippen molar-refractivity contribution in [3.63, 3.8) is 0 Å². The average molecular weight is 403 g/mol. The highest BCUT2D eigenvalue weighted by Crippen LogP contribution is 2.47. The maximum absolute atomic E-state index is 12.0. The van der Waals surface area contributed by atoms with Gasteiger partial charge in [0.25, 0.3) is 11.8 Å². The lowest BCUT2D eigenvalue weighted by Crippen LogP contribution is -2.56. The van der Waals surface area contributed by atoms with Crippen molar-refractivity contribution in [1.29, 1.82) is 0 Å². The molecule has 0 unspecified atom stereocenters. The number of rotatable bonds is 5. The van der Waals surface area contributed by atoms with Gasteiger partial charge in [-0.25, -0.2) is 15.2 Å². The number of hydrogen-bond acceptors (Lipinski definition) is 6. The van der Waals surface area contributed by atoms with Crippen LogP contribution >= 0.6 is 0 Å². The molecule has 1 saturated carbocycles. The minimum absolute atomic E-state index is 0.172. The SMILES string of the molecule is CC1(C)[C@H](Nc2c(C(N)=O)cnn3cc(C(=O)NN)cc23)CC[C@]1(C)NC(=O)O. The molecule has 2 aromatic rings. The summed E-state index contributed by atoms with van der Waals surface area (Å²) in [6.07, 6.45) is 3.00. The number of primary amides is 1. The van der Waals surface area contributed by atoms with Crippen LogP contribution in [-0.2, 0) is 0 Å². The lowest BCUT2D eigenvalue weighted by molar-refractivity contribution is 0.0952. The number of amides is 3. The zero-order valence-corrected chi connectivity index (χ0v) is 16.4. The molecule has 0 saturated heterocycles. The first-order valence-corrected chi connectivity index (χ1v) is 9.10. The van der Waals surface area contributed by atoms with Gasteiger partial charge in [-0.05, 0) is 25.8 Å². The second-order valence-corrected chi connectivity index (χ2v) is 8.05. The number of nitrogen functional groups attached to an aromatic ring is 1. The number of nitrogens with one attached hydrogen (secondary N) is 3. The van der Waals surface area contributed by atoms with Gasteiger partial charge in [-0.3, -0.25) is 15.0 Å². The van der Waals surface area contributed by atoms with Crippen LogP contribution in [0.2, 0.25) is 0 Å². The van der Waals surface area contributed by atoms with Crippen LogP contribution in [0.5, 0.6) is 0 Å². The molecule has 29 heavy (non-hydrogen) atoms. The van der Waals surface area contributed by atoms with E-state index < -0.39 is 28.9 Å². The molecule has 3 amide bonds. The molecule has 1 aliphatic carbocycles. The van der Waals surface area contributed by atoms with Crippen LogP contribution < -0.4 is 27.6 Å². The molecule has 0 aliphatic heterocycles. The Balaban J connectivity index is 2.06. The molecule has 156 valence electrons. The maximum atomic E-state index is 12.0. The van der Waals surface area contributed by atoms with Gasteiger partial charge in [-0.1, -0.05) is 13.8 Å². The minimum Gasteiger partial charge on any atom is -0.465 e. The summed E-state index contributed by atoms with van der Waals surface area (Å²) in [7, 11) is 0. The number of carbonyl (C=O) groups excluding carboxylic acids is 2. The highest BCUT2D eigenvalue weighted by Gasteiger charge is 2.52. The molecule has 0 bridgehead atoms. The summed E-state index contributed by atoms with van der Waals surface area (Å²) < 4.78 is 1.45. The highest BCUT2D eigenvalue weighted by atomic mass is 16.4. The van der Waals surface area contributed by atoms with Crippen LogP contribution in [-0.4, -0.2) is 44.2 Å². The van der Waals surface area contributed by atoms with Crippen LogP contribution in [0.4, 0.5) is 10.5 Å². The van der Waals surface area contributed by atoms with Gasteiger partial charge in [0.2, 0.25) is 0 Å². The van der Waals surface area contributed by atoms with Gasteiger partial charge >= 0.3 is 6.09 Å². The lowest BCUT2D eigenvalue weighted by Gasteiger charge is -2.42. The van der Waals surface area contributed by atoms with Crippen molar-refractivity contribution in [3.05, 3.63) is 29.6 Å². The van der Waals surface area contributed by atoms with Gasteiger partial charge in [0.15, 0.2) is 0 Å². The van der Waals surface area contributed by atoms with E-state index in [2.05, 4.69) is 21.2 Å². The van der Waals surface area contributed by atoms with Crippen LogP contribution in [0, 0.1) is 5.41 Å². The Morgan fingerprint density at radius 3 is 2.59 bits per heavy atom. The Morgan fingerprint density at radius 1 is 1.31 bits per heavy atom. The van der Waals surface area contributed by atoms with Crippen molar-refractivity contribution in [3.8, 4) is 0 Å². The molecular formula is C18H25N7O4. The summed E-state index contributed by atoms with van der Waals surface area (Å²) in [5, 5.41) is 19.4. The maximum Gasteiger partial charge on any atom is 0.405 e. The average Bonchev–Trinajstić information content (AvgIpc) is 3.15. The van der Waals surface area contributed by atoms with Crippen LogP contribution in [0.15, 0.2) is 18.5 Å². The number of hydrogen-bond donors (Lipinski definition) is 6. The van der Waals surface area contributed by atoms with Crippen molar-refractivity contribution in [1.82, 2.24) is 20.4 Å². The van der Waals surface area contributed by atoms with Crippen molar-refractivity contribution < 1.29 is 19.5 Å². The fourth-order valence-electron chi connectivity index (χ4n) is 3.99. The van der Waals surface area contributed by atoms with E-state index in [0.29, 0.717) is 24.0 Å². The van der Waals surface area contributed by atoms with Crippen molar-refractivity contribution in [2.24, 2.45) is 17.0 Å². The fraction of sp³-hybridized carbons (Fsp3) is 0.444. The van der Waals surface area contributed by atoms with Gasteiger partial charge < -0.3 is 21.5 Å². The molecule has 1 fully saturated rings. The second-order valence-electron chi connectivity index (χ2n) is 8.05.